The Kier molecular flexibility index (Phi) is 6.25. The third-order valence-electron chi connectivity index (χ3n) is 6.53. The van der Waals surface area contributed by atoms with Gasteiger partial charge in [-0.1, -0.05) is 11.6 Å². The number of methoxy groups -OCH3 is 1. The van der Waals surface area contributed by atoms with Gasteiger partial charge < -0.3 is 9.47 Å². The minimum Gasteiger partial charge on any atom is -0.481 e. The molecule has 0 unspecified atom stereocenters. The monoisotopic (exact) mass is 494 g/mol. The fraction of sp³-hybridized carbons (Fsp3) is 0.308. The first kappa shape index (κ1) is 23.4. The molecule has 35 heavy (non-hydrogen) atoms. The normalized spacial score (nSPS) is 18.1. The quantitative estimate of drug-likeness (QED) is 0.391. The van der Waals surface area contributed by atoms with Crippen molar-refractivity contribution in [1.82, 2.24) is 19.5 Å². The van der Waals surface area contributed by atoms with Crippen LogP contribution >= 0.6 is 11.6 Å². The van der Waals surface area contributed by atoms with E-state index in [9.17, 15) is 4.79 Å². The van der Waals surface area contributed by atoms with E-state index in [2.05, 4.69) is 9.97 Å². The second kappa shape index (κ2) is 9.36. The van der Waals surface area contributed by atoms with Crippen molar-refractivity contribution < 1.29 is 13.9 Å². The number of pyridine rings is 2. The number of benzene rings is 1. The molecular formula is C26H24ClFN4O3. The maximum absolute atomic E-state index is 15.0. The van der Waals surface area contributed by atoms with Crippen LogP contribution in [0.25, 0.3) is 22.2 Å². The van der Waals surface area contributed by atoms with Crippen LogP contribution in [-0.2, 0) is 11.8 Å². The number of halogens is 2. The van der Waals surface area contributed by atoms with E-state index < -0.39 is 5.82 Å². The highest BCUT2D eigenvalue weighted by Gasteiger charge is 2.28. The molecule has 3 aromatic heterocycles. The Balaban J connectivity index is 1.64. The van der Waals surface area contributed by atoms with Crippen molar-refractivity contribution >= 4 is 22.5 Å². The number of hydrogen-bond donors (Lipinski definition) is 0. The Labute approximate surface area is 206 Å². The Morgan fingerprint density at radius 3 is 2.80 bits per heavy atom. The molecule has 0 spiro atoms. The molecule has 0 bridgehead atoms. The van der Waals surface area contributed by atoms with Gasteiger partial charge in [0.15, 0.2) is 0 Å². The van der Waals surface area contributed by atoms with Crippen LogP contribution in [0.2, 0.25) is 5.02 Å². The third kappa shape index (κ3) is 4.39. The van der Waals surface area contributed by atoms with Gasteiger partial charge in [0, 0.05) is 48.1 Å². The molecule has 0 aliphatic carbocycles. The summed E-state index contributed by atoms with van der Waals surface area (Å²) in [4.78, 5) is 26.9. The zero-order chi connectivity index (χ0) is 24.7. The summed E-state index contributed by atoms with van der Waals surface area (Å²) >= 11 is 5.98. The summed E-state index contributed by atoms with van der Waals surface area (Å²) in [5.74, 6) is 0.571. The first-order chi connectivity index (χ1) is 16.9. The van der Waals surface area contributed by atoms with E-state index in [-0.39, 0.29) is 39.2 Å². The van der Waals surface area contributed by atoms with Crippen molar-refractivity contribution in [3.8, 4) is 17.1 Å². The molecule has 2 atom stereocenters. The lowest BCUT2D eigenvalue weighted by Gasteiger charge is -2.30. The van der Waals surface area contributed by atoms with Crippen LogP contribution in [0.3, 0.4) is 0 Å². The van der Waals surface area contributed by atoms with Crippen molar-refractivity contribution in [2.24, 2.45) is 7.05 Å². The second-order valence-corrected chi connectivity index (χ2v) is 9.09. The zero-order valence-corrected chi connectivity index (χ0v) is 20.3. The van der Waals surface area contributed by atoms with E-state index in [0.717, 1.165) is 17.7 Å². The largest absolute Gasteiger partial charge is 0.481 e. The molecule has 1 aliphatic rings. The highest BCUT2D eigenvalue weighted by Crippen LogP contribution is 2.39. The van der Waals surface area contributed by atoms with Crippen molar-refractivity contribution in [3.63, 3.8) is 0 Å². The predicted octanol–water partition coefficient (Wildman–Crippen LogP) is 5.14. The van der Waals surface area contributed by atoms with Crippen molar-refractivity contribution in [3.05, 3.63) is 80.9 Å². The second-order valence-electron chi connectivity index (χ2n) is 8.65. The predicted molar refractivity (Wildman–Crippen MR) is 131 cm³/mol. The molecular weight excluding hydrogens is 471 g/mol. The van der Waals surface area contributed by atoms with Crippen molar-refractivity contribution in [2.45, 2.75) is 31.8 Å². The molecule has 0 saturated carbocycles. The minimum absolute atomic E-state index is 0.0255. The fourth-order valence-electron chi connectivity index (χ4n) is 4.53. The molecule has 0 N–H and O–H groups in total. The molecule has 4 aromatic rings. The summed E-state index contributed by atoms with van der Waals surface area (Å²) < 4.78 is 27.8. The number of nitrogens with zero attached hydrogens (tertiary/aromatic N) is 4. The molecule has 180 valence electrons. The third-order valence-corrected chi connectivity index (χ3v) is 6.77. The van der Waals surface area contributed by atoms with E-state index in [4.69, 9.17) is 26.1 Å². The summed E-state index contributed by atoms with van der Waals surface area (Å²) in [5.41, 5.74) is 2.42. The Morgan fingerprint density at radius 2 is 2.03 bits per heavy atom. The molecule has 4 heterocycles. The molecule has 5 rings (SSSR count). The average molecular weight is 495 g/mol. The first-order valence-electron chi connectivity index (χ1n) is 11.3. The molecule has 7 nitrogen and oxygen atoms in total. The standard InChI is InChI=1S/C26H24ClFN4O3/c1-14-30-21-13-20(15-7-9-35-22(10-15)16-6-8-29-23(11-16)34-3)31-25(24(21)26(33)32(14)2)18-5-4-17(27)12-19(18)28/h4-6,8,11-13,15,22H,7,9-10H2,1-3H3/t15-,22+/m0/s1. The van der Waals surface area contributed by atoms with Gasteiger partial charge in [-0.2, -0.15) is 0 Å². The maximum atomic E-state index is 15.0. The SMILES string of the molecule is COc1cc([C@H]2C[C@@H](c3cc4nc(C)n(C)c(=O)c4c(-c4ccc(Cl)cc4F)n3)CCO2)ccn1. The number of fused-ring (bicyclic) bond motifs is 1. The molecule has 1 saturated heterocycles. The molecule has 1 fully saturated rings. The topological polar surface area (TPSA) is 79.1 Å². The maximum Gasteiger partial charge on any atom is 0.263 e. The fourth-order valence-corrected chi connectivity index (χ4v) is 4.69. The lowest BCUT2D eigenvalue weighted by atomic mass is 9.88. The van der Waals surface area contributed by atoms with Gasteiger partial charge in [0.25, 0.3) is 5.56 Å². The van der Waals surface area contributed by atoms with Crippen LogP contribution in [0.15, 0.2) is 47.4 Å². The highest BCUT2D eigenvalue weighted by molar-refractivity contribution is 6.30. The number of ether oxygens (including phenoxy) is 2. The van der Waals surface area contributed by atoms with Gasteiger partial charge in [0.05, 0.1) is 29.8 Å². The van der Waals surface area contributed by atoms with Gasteiger partial charge in [-0.05, 0) is 55.7 Å². The van der Waals surface area contributed by atoms with Gasteiger partial charge in [0.2, 0.25) is 5.88 Å². The average Bonchev–Trinajstić information content (AvgIpc) is 2.87. The minimum atomic E-state index is -0.542. The van der Waals surface area contributed by atoms with Crippen LogP contribution in [0, 0.1) is 12.7 Å². The van der Waals surface area contributed by atoms with E-state index in [1.54, 1.807) is 39.4 Å². The number of hydrogen-bond acceptors (Lipinski definition) is 6. The molecule has 9 heteroatoms. The Hall–Kier alpha value is -3.36. The lowest BCUT2D eigenvalue weighted by molar-refractivity contribution is 0.00451. The first-order valence-corrected chi connectivity index (χ1v) is 11.7. The number of aryl methyl sites for hydroxylation is 1. The van der Waals surface area contributed by atoms with Gasteiger partial charge in [-0.3, -0.25) is 14.3 Å². The number of aromatic nitrogens is 4. The van der Waals surface area contributed by atoms with Gasteiger partial charge in [-0.15, -0.1) is 0 Å². The Morgan fingerprint density at radius 1 is 1.20 bits per heavy atom. The van der Waals surface area contributed by atoms with Gasteiger partial charge in [-0.25, -0.2) is 14.4 Å². The smallest absolute Gasteiger partial charge is 0.263 e. The summed E-state index contributed by atoms with van der Waals surface area (Å²) in [5, 5.41) is 0.555. The van der Waals surface area contributed by atoms with E-state index >= 15 is 4.39 Å². The van der Waals surface area contributed by atoms with Gasteiger partial charge in [0.1, 0.15) is 11.6 Å². The van der Waals surface area contributed by atoms with Crippen LogP contribution < -0.4 is 10.3 Å². The molecule has 0 radical (unpaired) electrons. The van der Waals surface area contributed by atoms with E-state index in [1.165, 1.54) is 10.6 Å². The van der Waals surface area contributed by atoms with Crippen molar-refractivity contribution in [1.29, 1.82) is 0 Å². The molecule has 1 aliphatic heterocycles. The summed E-state index contributed by atoms with van der Waals surface area (Å²) in [6.45, 7) is 2.30. The van der Waals surface area contributed by atoms with E-state index in [0.29, 0.717) is 30.2 Å². The number of rotatable bonds is 4. The van der Waals surface area contributed by atoms with Crippen LogP contribution in [-0.4, -0.2) is 33.2 Å². The molecule has 0 amide bonds. The van der Waals surface area contributed by atoms with Crippen LogP contribution in [0.5, 0.6) is 5.88 Å². The van der Waals surface area contributed by atoms with Crippen LogP contribution in [0.4, 0.5) is 4.39 Å². The summed E-state index contributed by atoms with van der Waals surface area (Å²) in [6.07, 6.45) is 2.93. The van der Waals surface area contributed by atoms with E-state index in [1.807, 2.05) is 18.2 Å². The summed E-state index contributed by atoms with van der Waals surface area (Å²) in [6, 6.07) is 9.99. The zero-order valence-electron chi connectivity index (χ0n) is 19.6. The van der Waals surface area contributed by atoms with Crippen LogP contribution in [0.1, 0.15) is 41.9 Å². The van der Waals surface area contributed by atoms with Crippen molar-refractivity contribution in [2.75, 3.05) is 13.7 Å². The molecule has 1 aromatic carbocycles. The summed E-state index contributed by atoms with van der Waals surface area (Å²) in [7, 11) is 3.22. The van der Waals surface area contributed by atoms with Gasteiger partial charge >= 0.3 is 0 Å². The highest BCUT2D eigenvalue weighted by atomic mass is 35.5. The Bertz CT molecular complexity index is 1490. The lowest BCUT2D eigenvalue weighted by Crippen LogP contribution is -2.23.